The molecular weight excluding hydrogens is 260 g/mol. The Balaban J connectivity index is 1.97. The maximum absolute atomic E-state index is 5.64. The van der Waals surface area contributed by atoms with Gasteiger partial charge in [0.15, 0.2) is 5.65 Å². The fourth-order valence-electron chi connectivity index (χ4n) is 3.44. The molecule has 2 heterocycles. The lowest BCUT2D eigenvalue weighted by molar-refractivity contribution is 0.414. The van der Waals surface area contributed by atoms with E-state index in [9.17, 15) is 0 Å². The van der Waals surface area contributed by atoms with Crippen LogP contribution in [0, 0.1) is 6.92 Å². The normalized spacial score (nSPS) is 16.7. The van der Waals surface area contributed by atoms with Gasteiger partial charge >= 0.3 is 0 Å². The number of pyridine rings is 1. The van der Waals surface area contributed by atoms with Crippen molar-refractivity contribution in [1.82, 2.24) is 14.5 Å². The number of imidazole rings is 1. The van der Waals surface area contributed by atoms with Gasteiger partial charge in [-0.25, -0.2) is 9.97 Å². The molecule has 0 saturated heterocycles. The maximum Gasteiger partial charge on any atom is 0.160 e. The fourth-order valence-corrected chi connectivity index (χ4v) is 3.44. The van der Waals surface area contributed by atoms with Gasteiger partial charge in [0.1, 0.15) is 11.3 Å². The van der Waals surface area contributed by atoms with E-state index in [1.165, 1.54) is 43.5 Å². The first-order valence-corrected chi connectivity index (χ1v) is 8.32. The zero-order valence-corrected chi connectivity index (χ0v) is 13.0. The van der Waals surface area contributed by atoms with Crippen molar-refractivity contribution in [1.29, 1.82) is 0 Å². The monoisotopic (exact) mass is 286 g/mol. The van der Waals surface area contributed by atoms with Crippen LogP contribution in [0.4, 0.5) is 0 Å². The molecule has 0 atom stereocenters. The minimum atomic E-state index is 0.617. The molecule has 1 aliphatic rings. The first-order valence-electron chi connectivity index (χ1n) is 8.32. The third kappa shape index (κ3) is 3.10. The molecule has 2 aromatic heterocycles. The highest BCUT2D eigenvalue weighted by Gasteiger charge is 2.22. The van der Waals surface area contributed by atoms with E-state index >= 15 is 0 Å². The summed E-state index contributed by atoms with van der Waals surface area (Å²) < 4.78 is 2.36. The van der Waals surface area contributed by atoms with Gasteiger partial charge in [-0.1, -0.05) is 19.3 Å². The van der Waals surface area contributed by atoms with E-state index < -0.39 is 0 Å². The number of aryl methyl sites for hydroxylation is 2. The second-order valence-corrected chi connectivity index (χ2v) is 6.31. The van der Waals surface area contributed by atoms with Gasteiger partial charge in [-0.3, -0.25) is 0 Å². The van der Waals surface area contributed by atoms with Crippen LogP contribution in [0.25, 0.3) is 11.2 Å². The largest absolute Gasteiger partial charge is 0.330 e. The highest BCUT2D eigenvalue weighted by molar-refractivity contribution is 5.72. The van der Waals surface area contributed by atoms with E-state index in [0.717, 1.165) is 37.1 Å². The van der Waals surface area contributed by atoms with Crippen LogP contribution in [0.15, 0.2) is 12.3 Å². The van der Waals surface area contributed by atoms with Crippen molar-refractivity contribution in [2.75, 3.05) is 6.54 Å². The lowest BCUT2D eigenvalue weighted by atomic mass is 9.88. The Morgan fingerprint density at radius 3 is 2.81 bits per heavy atom. The van der Waals surface area contributed by atoms with E-state index in [2.05, 4.69) is 22.5 Å². The zero-order valence-electron chi connectivity index (χ0n) is 13.0. The molecule has 2 aromatic rings. The van der Waals surface area contributed by atoms with Gasteiger partial charge < -0.3 is 10.3 Å². The van der Waals surface area contributed by atoms with Crippen molar-refractivity contribution in [3.05, 3.63) is 23.7 Å². The molecular formula is C17H26N4. The topological polar surface area (TPSA) is 56.7 Å². The molecule has 21 heavy (non-hydrogen) atoms. The Morgan fingerprint density at radius 2 is 2.05 bits per heavy atom. The molecule has 4 nitrogen and oxygen atoms in total. The average molecular weight is 286 g/mol. The molecule has 0 radical (unpaired) electrons. The minimum absolute atomic E-state index is 0.617. The summed E-state index contributed by atoms with van der Waals surface area (Å²) in [5.74, 6) is 1.88. The summed E-state index contributed by atoms with van der Waals surface area (Å²) in [5.41, 5.74) is 8.94. The maximum atomic E-state index is 5.64. The van der Waals surface area contributed by atoms with Crippen LogP contribution in [0.1, 0.15) is 62.3 Å². The molecule has 2 N–H and O–H groups in total. The Labute approximate surface area is 126 Å². The van der Waals surface area contributed by atoms with E-state index in [-0.39, 0.29) is 0 Å². The molecule has 1 fully saturated rings. The van der Waals surface area contributed by atoms with Crippen molar-refractivity contribution in [3.8, 4) is 0 Å². The molecule has 3 rings (SSSR count). The van der Waals surface area contributed by atoms with Crippen molar-refractivity contribution in [3.63, 3.8) is 0 Å². The summed E-state index contributed by atoms with van der Waals surface area (Å²) in [4.78, 5) is 9.59. The smallest absolute Gasteiger partial charge is 0.160 e. The molecule has 0 aromatic carbocycles. The molecule has 0 unspecified atom stereocenters. The number of fused-ring (bicyclic) bond motifs is 1. The van der Waals surface area contributed by atoms with Crippen molar-refractivity contribution >= 4 is 11.2 Å². The third-order valence-corrected chi connectivity index (χ3v) is 4.56. The number of nitrogens with zero attached hydrogens (tertiary/aromatic N) is 3. The summed E-state index contributed by atoms with van der Waals surface area (Å²) in [6.45, 7) is 3.84. The number of unbranched alkanes of at least 4 members (excludes halogenated alkanes) is 1. The molecule has 4 heteroatoms. The average Bonchev–Trinajstić information content (AvgIpc) is 2.86. The number of nitrogens with two attached hydrogens (primary N) is 1. The fraction of sp³-hybridized carbons (Fsp3) is 0.647. The summed E-state index contributed by atoms with van der Waals surface area (Å²) >= 11 is 0. The predicted octanol–water partition coefficient (Wildman–Crippen LogP) is 3.53. The van der Waals surface area contributed by atoms with Gasteiger partial charge in [0.05, 0.1) is 0 Å². The molecule has 0 amide bonds. The van der Waals surface area contributed by atoms with Crippen LogP contribution >= 0.6 is 0 Å². The highest BCUT2D eigenvalue weighted by atomic mass is 15.1. The van der Waals surface area contributed by atoms with Crippen LogP contribution in [0.3, 0.4) is 0 Å². The Morgan fingerprint density at radius 1 is 1.24 bits per heavy atom. The zero-order chi connectivity index (χ0) is 14.7. The van der Waals surface area contributed by atoms with E-state index in [1.54, 1.807) is 0 Å². The molecule has 0 spiro atoms. The van der Waals surface area contributed by atoms with Crippen molar-refractivity contribution in [2.24, 2.45) is 5.73 Å². The first kappa shape index (κ1) is 14.5. The van der Waals surface area contributed by atoms with Crippen molar-refractivity contribution in [2.45, 2.75) is 64.3 Å². The number of hydrogen-bond donors (Lipinski definition) is 1. The minimum Gasteiger partial charge on any atom is -0.330 e. The van der Waals surface area contributed by atoms with Crippen LogP contribution in [-0.2, 0) is 6.54 Å². The Hall–Kier alpha value is -1.42. The van der Waals surface area contributed by atoms with Gasteiger partial charge in [0.25, 0.3) is 0 Å². The van der Waals surface area contributed by atoms with Gasteiger partial charge in [-0.05, 0) is 50.8 Å². The lowest BCUT2D eigenvalue weighted by Crippen LogP contribution is -2.13. The first-order chi connectivity index (χ1) is 10.3. The predicted molar refractivity (Wildman–Crippen MR) is 86.4 cm³/mol. The number of rotatable bonds is 5. The van der Waals surface area contributed by atoms with E-state index in [4.69, 9.17) is 10.7 Å². The molecule has 0 bridgehead atoms. The second-order valence-electron chi connectivity index (χ2n) is 6.31. The van der Waals surface area contributed by atoms with Gasteiger partial charge in [0, 0.05) is 18.7 Å². The van der Waals surface area contributed by atoms with E-state index in [0.29, 0.717) is 5.92 Å². The number of hydrogen-bond acceptors (Lipinski definition) is 3. The Bertz CT molecular complexity index is 596. The molecule has 1 aliphatic carbocycles. The van der Waals surface area contributed by atoms with Gasteiger partial charge in [-0.2, -0.15) is 0 Å². The summed E-state index contributed by atoms with van der Waals surface area (Å²) in [5, 5.41) is 0. The highest BCUT2D eigenvalue weighted by Crippen LogP contribution is 2.33. The third-order valence-electron chi connectivity index (χ3n) is 4.56. The quantitative estimate of drug-likeness (QED) is 0.855. The lowest BCUT2D eigenvalue weighted by Gasteiger charge is -2.22. The van der Waals surface area contributed by atoms with Gasteiger partial charge in [-0.15, -0.1) is 0 Å². The van der Waals surface area contributed by atoms with Crippen molar-refractivity contribution < 1.29 is 0 Å². The number of aromatic nitrogens is 3. The second kappa shape index (κ2) is 6.56. The Kier molecular flexibility index (Phi) is 4.54. The van der Waals surface area contributed by atoms with Crippen LogP contribution in [0.2, 0.25) is 0 Å². The summed E-state index contributed by atoms with van der Waals surface area (Å²) in [6, 6.07) is 2.16. The summed E-state index contributed by atoms with van der Waals surface area (Å²) in [6.07, 6.45) is 10.7. The van der Waals surface area contributed by atoms with Crippen LogP contribution < -0.4 is 5.73 Å². The van der Waals surface area contributed by atoms with Gasteiger partial charge in [0.2, 0.25) is 0 Å². The molecule has 0 aliphatic heterocycles. The summed E-state index contributed by atoms with van der Waals surface area (Å²) in [7, 11) is 0. The molecule has 1 saturated carbocycles. The van der Waals surface area contributed by atoms with Crippen LogP contribution in [-0.4, -0.2) is 21.1 Å². The SMILES string of the molecule is Cc1cnc2c(c1)nc(C1CCCCC1)n2CCCCN. The molecule has 114 valence electrons. The van der Waals surface area contributed by atoms with E-state index in [1.807, 2.05) is 6.20 Å². The van der Waals surface area contributed by atoms with Crippen LogP contribution in [0.5, 0.6) is 0 Å². The standard InChI is InChI=1S/C17H26N4/c1-13-11-15-17(19-12-13)21(10-6-5-9-18)16(20-15)14-7-3-2-4-8-14/h11-12,14H,2-10,18H2,1H3.